The third-order valence-electron chi connectivity index (χ3n) is 1.70. The van der Waals surface area contributed by atoms with Gasteiger partial charge in [-0.3, -0.25) is 0 Å². The fraction of sp³-hybridized carbons (Fsp3) is 0.455. The van der Waals surface area contributed by atoms with E-state index in [0.717, 1.165) is 12.1 Å². The van der Waals surface area contributed by atoms with Crippen LogP contribution in [0.1, 0.15) is 36.8 Å². The van der Waals surface area contributed by atoms with E-state index in [2.05, 4.69) is 4.98 Å². The number of carbonyl (C=O) groups excluding carboxylic acids is 1. The first-order valence-corrected chi connectivity index (χ1v) is 4.86. The second-order valence-electron chi connectivity index (χ2n) is 4.43. The lowest BCUT2D eigenvalue weighted by Crippen LogP contribution is -2.24. The Morgan fingerprint density at radius 1 is 1.24 bits per heavy atom. The van der Waals surface area contributed by atoms with Gasteiger partial charge in [-0.1, -0.05) is 0 Å². The number of alkyl halides is 3. The third kappa shape index (κ3) is 4.05. The van der Waals surface area contributed by atoms with Crippen molar-refractivity contribution >= 4 is 5.97 Å². The predicted molar refractivity (Wildman–Crippen MR) is 54.4 cm³/mol. The van der Waals surface area contributed by atoms with Crippen molar-refractivity contribution in [3.8, 4) is 0 Å². The number of halogens is 3. The van der Waals surface area contributed by atoms with Crippen LogP contribution in [0.5, 0.6) is 0 Å². The van der Waals surface area contributed by atoms with E-state index < -0.39 is 23.3 Å². The smallest absolute Gasteiger partial charge is 0.417 e. The van der Waals surface area contributed by atoms with Crippen molar-refractivity contribution in [2.24, 2.45) is 0 Å². The van der Waals surface area contributed by atoms with Crippen LogP contribution < -0.4 is 0 Å². The molecular formula is C11H12F3NO2. The van der Waals surface area contributed by atoms with Crippen molar-refractivity contribution in [1.29, 1.82) is 0 Å². The van der Waals surface area contributed by atoms with Crippen molar-refractivity contribution in [2.75, 3.05) is 0 Å². The van der Waals surface area contributed by atoms with Crippen molar-refractivity contribution in [1.82, 2.24) is 4.98 Å². The van der Waals surface area contributed by atoms with E-state index in [1.54, 1.807) is 20.8 Å². The van der Waals surface area contributed by atoms with Gasteiger partial charge >= 0.3 is 12.1 Å². The quantitative estimate of drug-likeness (QED) is 0.716. The van der Waals surface area contributed by atoms with Gasteiger partial charge in [-0.15, -0.1) is 0 Å². The summed E-state index contributed by atoms with van der Waals surface area (Å²) in [5.74, 6) is -0.744. The van der Waals surface area contributed by atoms with Gasteiger partial charge in [0.25, 0.3) is 0 Å². The molecule has 17 heavy (non-hydrogen) atoms. The number of ether oxygens (including phenoxy) is 1. The lowest BCUT2D eigenvalue weighted by Gasteiger charge is -2.19. The maximum Gasteiger partial charge on any atom is 0.417 e. The van der Waals surface area contributed by atoms with Gasteiger partial charge in [0, 0.05) is 6.20 Å². The van der Waals surface area contributed by atoms with Gasteiger partial charge in [0.1, 0.15) is 11.3 Å². The van der Waals surface area contributed by atoms with Crippen molar-refractivity contribution in [3.05, 3.63) is 29.6 Å². The second-order valence-corrected chi connectivity index (χ2v) is 4.43. The maximum atomic E-state index is 12.2. The molecule has 0 aliphatic carbocycles. The SMILES string of the molecule is CC(C)(C)OC(=O)c1ccc(C(F)(F)F)cn1. The fourth-order valence-corrected chi connectivity index (χ4v) is 1.01. The van der Waals surface area contributed by atoms with Gasteiger partial charge < -0.3 is 4.74 Å². The van der Waals surface area contributed by atoms with Crippen LogP contribution in [0.3, 0.4) is 0 Å². The van der Waals surface area contributed by atoms with Gasteiger partial charge in [-0.25, -0.2) is 9.78 Å². The predicted octanol–water partition coefficient (Wildman–Crippen LogP) is 3.06. The molecule has 1 rings (SSSR count). The molecule has 0 saturated carbocycles. The molecule has 0 amide bonds. The molecule has 0 aromatic carbocycles. The van der Waals surface area contributed by atoms with E-state index in [9.17, 15) is 18.0 Å². The van der Waals surface area contributed by atoms with Crippen LogP contribution in [0, 0.1) is 0 Å². The standard InChI is InChI=1S/C11H12F3NO2/c1-10(2,3)17-9(16)8-5-4-7(6-15-8)11(12,13)14/h4-6H,1-3H3. The summed E-state index contributed by atoms with van der Waals surface area (Å²) in [7, 11) is 0. The van der Waals surface area contributed by atoms with E-state index in [-0.39, 0.29) is 5.69 Å². The Morgan fingerprint density at radius 2 is 1.82 bits per heavy atom. The molecule has 1 aromatic rings. The number of pyridine rings is 1. The molecule has 0 unspecified atom stereocenters. The third-order valence-corrected chi connectivity index (χ3v) is 1.70. The first kappa shape index (κ1) is 13.5. The van der Waals surface area contributed by atoms with Crippen molar-refractivity contribution < 1.29 is 22.7 Å². The summed E-state index contributed by atoms with van der Waals surface area (Å²) in [6.45, 7) is 4.99. The minimum absolute atomic E-state index is 0.145. The molecule has 0 atom stereocenters. The van der Waals surface area contributed by atoms with Gasteiger partial charge in [0.15, 0.2) is 0 Å². The van der Waals surface area contributed by atoms with Gasteiger partial charge in [0.05, 0.1) is 5.56 Å². The molecule has 0 aliphatic heterocycles. The summed E-state index contributed by atoms with van der Waals surface area (Å²) in [4.78, 5) is 14.9. The monoisotopic (exact) mass is 247 g/mol. The molecule has 0 spiro atoms. The highest BCUT2D eigenvalue weighted by molar-refractivity contribution is 5.87. The molecule has 0 bridgehead atoms. The number of aromatic nitrogens is 1. The van der Waals surface area contributed by atoms with E-state index in [0.29, 0.717) is 6.20 Å². The van der Waals surface area contributed by atoms with E-state index in [4.69, 9.17) is 4.74 Å². The van der Waals surface area contributed by atoms with Crippen LogP contribution >= 0.6 is 0 Å². The Bertz CT molecular complexity index is 404. The Balaban J connectivity index is 2.85. The van der Waals surface area contributed by atoms with Gasteiger partial charge in [-0.2, -0.15) is 13.2 Å². The average Bonchev–Trinajstić information content (AvgIpc) is 2.14. The zero-order valence-corrected chi connectivity index (χ0v) is 9.63. The normalized spacial score (nSPS) is 12.4. The van der Waals surface area contributed by atoms with E-state index in [1.807, 2.05) is 0 Å². The molecule has 1 aromatic heterocycles. The highest BCUT2D eigenvalue weighted by Gasteiger charge is 2.31. The van der Waals surface area contributed by atoms with Crippen LogP contribution in [0.2, 0.25) is 0 Å². The first-order valence-electron chi connectivity index (χ1n) is 4.86. The number of rotatable bonds is 1. The second kappa shape index (κ2) is 4.35. The summed E-state index contributed by atoms with van der Waals surface area (Å²) in [5, 5.41) is 0. The minimum Gasteiger partial charge on any atom is -0.455 e. The molecule has 0 aliphatic rings. The summed E-state index contributed by atoms with van der Waals surface area (Å²) in [6, 6.07) is 1.79. The highest BCUT2D eigenvalue weighted by atomic mass is 19.4. The molecule has 0 radical (unpaired) electrons. The van der Waals surface area contributed by atoms with Crippen LogP contribution in [0.25, 0.3) is 0 Å². The zero-order valence-electron chi connectivity index (χ0n) is 9.63. The molecule has 6 heteroatoms. The molecule has 0 N–H and O–H groups in total. The highest BCUT2D eigenvalue weighted by Crippen LogP contribution is 2.28. The number of carbonyl (C=O) groups is 1. The molecule has 3 nitrogen and oxygen atoms in total. The lowest BCUT2D eigenvalue weighted by molar-refractivity contribution is -0.137. The van der Waals surface area contributed by atoms with Crippen LogP contribution in [-0.2, 0) is 10.9 Å². The molecule has 0 saturated heterocycles. The van der Waals surface area contributed by atoms with E-state index in [1.165, 1.54) is 0 Å². The maximum absolute atomic E-state index is 12.2. The van der Waals surface area contributed by atoms with Gasteiger partial charge in [0.2, 0.25) is 0 Å². The molecule has 1 heterocycles. The largest absolute Gasteiger partial charge is 0.455 e. The van der Waals surface area contributed by atoms with Gasteiger partial charge in [-0.05, 0) is 32.9 Å². The molecular weight excluding hydrogens is 235 g/mol. The fourth-order valence-electron chi connectivity index (χ4n) is 1.01. The van der Waals surface area contributed by atoms with Crippen molar-refractivity contribution in [3.63, 3.8) is 0 Å². The van der Waals surface area contributed by atoms with E-state index >= 15 is 0 Å². The average molecular weight is 247 g/mol. The topological polar surface area (TPSA) is 39.2 Å². The van der Waals surface area contributed by atoms with Crippen LogP contribution in [0.15, 0.2) is 18.3 Å². The first-order chi connectivity index (χ1) is 7.59. The van der Waals surface area contributed by atoms with Crippen LogP contribution in [-0.4, -0.2) is 16.6 Å². The summed E-state index contributed by atoms with van der Waals surface area (Å²) >= 11 is 0. The Labute approximate surface area is 96.6 Å². The van der Waals surface area contributed by atoms with Crippen molar-refractivity contribution in [2.45, 2.75) is 32.5 Å². The Morgan fingerprint density at radius 3 is 2.18 bits per heavy atom. The number of hydrogen-bond donors (Lipinski definition) is 0. The number of nitrogens with zero attached hydrogens (tertiary/aromatic N) is 1. The molecule has 94 valence electrons. The number of esters is 1. The zero-order chi connectivity index (χ0) is 13.3. The Hall–Kier alpha value is -1.59. The number of hydrogen-bond acceptors (Lipinski definition) is 3. The Kier molecular flexibility index (Phi) is 3.45. The van der Waals surface area contributed by atoms with Crippen LogP contribution in [0.4, 0.5) is 13.2 Å². The summed E-state index contributed by atoms with van der Waals surface area (Å²) in [6.07, 6.45) is -3.85. The lowest BCUT2D eigenvalue weighted by atomic mass is 10.2. The minimum atomic E-state index is -4.46. The summed E-state index contributed by atoms with van der Waals surface area (Å²) in [5.41, 5.74) is -1.75. The molecule has 0 fully saturated rings. The summed E-state index contributed by atoms with van der Waals surface area (Å²) < 4.78 is 41.7.